The molecule has 1 amide bonds. The van der Waals surface area contributed by atoms with E-state index in [4.69, 9.17) is 11.6 Å². The topological polar surface area (TPSA) is 38.8 Å². The van der Waals surface area contributed by atoms with Gasteiger partial charge in [0.2, 0.25) is 5.91 Å². The molecule has 0 aliphatic carbocycles. The van der Waals surface area contributed by atoms with Gasteiger partial charge in [-0.25, -0.2) is 0 Å². The van der Waals surface area contributed by atoms with Gasteiger partial charge in [-0.2, -0.15) is 0 Å². The lowest BCUT2D eigenvalue weighted by Crippen LogP contribution is -2.50. The third-order valence-electron chi connectivity index (χ3n) is 6.44. The Morgan fingerprint density at radius 1 is 0.912 bits per heavy atom. The minimum Gasteiger partial charge on any atom is -0.378 e. The van der Waals surface area contributed by atoms with E-state index in [0.717, 1.165) is 31.7 Å². The van der Waals surface area contributed by atoms with Gasteiger partial charge in [-0.15, -0.1) is 0 Å². The molecule has 1 saturated heterocycles. The van der Waals surface area contributed by atoms with Crippen molar-refractivity contribution in [1.29, 1.82) is 0 Å². The van der Waals surface area contributed by atoms with Crippen LogP contribution in [-0.2, 0) is 11.2 Å². The van der Waals surface area contributed by atoms with Crippen LogP contribution in [0.1, 0.15) is 17.2 Å². The summed E-state index contributed by atoms with van der Waals surface area (Å²) in [4.78, 5) is 19.7. The zero-order chi connectivity index (χ0) is 23.9. The van der Waals surface area contributed by atoms with Crippen LogP contribution in [0.5, 0.6) is 0 Å². The Morgan fingerprint density at radius 3 is 2.18 bits per heavy atom. The maximum atomic E-state index is 12.7. The number of anilines is 2. The second-order valence-corrected chi connectivity index (χ2v) is 9.40. The van der Waals surface area contributed by atoms with Crippen molar-refractivity contribution in [3.63, 3.8) is 0 Å². The van der Waals surface area contributed by atoms with Crippen molar-refractivity contribution in [2.45, 2.75) is 12.5 Å². The average Bonchev–Trinajstić information content (AvgIpc) is 2.87. The maximum absolute atomic E-state index is 12.7. The molecule has 5 nitrogen and oxygen atoms in total. The van der Waals surface area contributed by atoms with Crippen LogP contribution in [0.4, 0.5) is 11.4 Å². The number of carbonyl (C=O) groups is 1. The van der Waals surface area contributed by atoms with E-state index < -0.39 is 0 Å². The predicted octanol–water partition coefficient (Wildman–Crippen LogP) is 4.63. The number of rotatable bonds is 8. The minimum absolute atomic E-state index is 0.0279. The van der Waals surface area contributed by atoms with Gasteiger partial charge in [-0.3, -0.25) is 9.69 Å². The van der Waals surface area contributed by atoms with E-state index in [9.17, 15) is 4.79 Å². The van der Waals surface area contributed by atoms with Gasteiger partial charge in [0.25, 0.3) is 0 Å². The summed E-state index contributed by atoms with van der Waals surface area (Å²) >= 11 is 5.97. The Balaban J connectivity index is 1.43. The molecule has 0 saturated carbocycles. The summed E-state index contributed by atoms with van der Waals surface area (Å²) in [6, 6.07) is 26.8. The third kappa shape index (κ3) is 6.31. The number of para-hydroxylation sites is 1. The molecule has 3 aromatic carbocycles. The van der Waals surface area contributed by atoms with Crippen molar-refractivity contribution in [3.05, 3.63) is 95.0 Å². The quantitative estimate of drug-likeness (QED) is 0.514. The molecule has 0 radical (unpaired) electrons. The normalized spacial score (nSPS) is 15.1. The van der Waals surface area contributed by atoms with Crippen LogP contribution < -0.4 is 15.1 Å². The Morgan fingerprint density at radius 2 is 1.56 bits per heavy atom. The molecular formula is C28H33ClN4O. The molecule has 1 aliphatic heterocycles. The van der Waals surface area contributed by atoms with Gasteiger partial charge in [0.15, 0.2) is 0 Å². The lowest BCUT2D eigenvalue weighted by Gasteiger charge is -2.40. The fourth-order valence-corrected chi connectivity index (χ4v) is 4.57. The standard InChI is InChI=1S/C28H33ClN4O/c1-31(2)25-14-10-23(11-15-25)27(21-30-28(34)20-22-8-12-24(29)13-9-22)33-18-16-32(17-19-33)26-6-4-3-5-7-26/h3-15,27H,16-21H2,1-2H3,(H,30,34)/t27-/m0/s1. The first-order valence-corrected chi connectivity index (χ1v) is 12.2. The number of nitrogens with one attached hydrogen (secondary N) is 1. The highest BCUT2D eigenvalue weighted by Gasteiger charge is 2.26. The summed E-state index contributed by atoms with van der Waals surface area (Å²) in [6.45, 7) is 4.41. The first-order valence-electron chi connectivity index (χ1n) is 11.8. The zero-order valence-electron chi connectivity index (χ0n) is 20.0. The summed E-state index contributed by atoms with van der Waals surface area (Å²) in [5.41, 5.74) is 4.63. The van der Waals surface area contributed by atoms with Crippen LogP contribution in [-0.4, -0.2) is 57.6 Å². The molecule has 1 fully saturated rings. The van der Waals surface area contributed by atoms with Gasteiger partial charge < -0.3 is 15.1 Å². The molecule has 178 valence electrons. The Hall–Kier alpha value is -3.02. The third-order valence-corrected chi connectivity index (χ3v) is 6.69. The molecule has 0 spiro atoms. The van der Waals surface area contributed by atoms with Crippen molar-refractivity contribution in [3.8, 4) is 0 Å². The molecule has 1 N–H and O–H groups in total. The van der Waals surface area contributed by atoms with Crippen LogP contribution >= 0.6 is 11.6 Å². The SMILES string of the molecule is CN(C)c1ccc([C@H](CNC(=O)Cc2ccc(Cl)cc2)N2CCN(c3ccccc3)CC2)cc1. The number of carbonyl (C=O) groups excluding carboxylic acids is 1. The summed E-state index contributed by atoms with van der Waals surface area (Å²) in [7, 11) is 4.10. The molecule has 0 unspecified atom stereocenters. The summed E-state index contributed by atoms with van der Waals surface area (Å²) in [6.07, 6.45) is 0.352. The molecule has 1 aliphatic rings. The van der Waals surface area contributed by atoms with Crippen molar-refractivity contribution < 1.29 is 4.79 Å². The number of hydrogen-bond donors (Lipinski definition) is 1. The summed E-state index contributed by atoms with van der Waals surface area (Å²) in [5, 5.41) is 3.86. The van der Waals surface area contributed by atoms with Crippen LogP contribution in [0.3, 0.4) is 0 Å². The first kappa shape index (κ1) is 24.1. The van der Waals surface area contributed by atoms with Gasteiger partial charge in [0.05, 0.1) is 12.5 Å². The Kier molecular flexibility index (Phi) is 8.09. The summed E-state index contributed by atoms with van der Waals surface area (Å²) in [5.74, 6) is 0.0279. The highest BCUT2D eigenvalue weighted by atomic mass is 35.5. The van der Waals surface area contributed by atoms with Gasteiger partial charge in [0, 0.05) is 63.2 Å². The number of nitrogens with zero attached hydrogens (tertiary/aromatic N) is 3. The van der Waals surface area contributed by atoms with E-state index in [0.29, 0.717) is 18.0 Å². The fraction of sp³-hybridized carbons (Fsp3) is 0.321. The molecule has 1 atom stereocenters. The largest absolute Gasteiger partial charge is 0.378 e. The number of hydrogen-bond acceptors (Lipinski definition) is 4. The van der Waals surface area contributed by atoms with Gasteiger partial charge in [0.1, 0.15) is 0 Å². The van der Waals surface area contributed by atoms with Gasteiger partial charge in [-0.05, 0) is 47.5 Å². The van der Waals surface area contributed by atoms with Crippen LogP contribution in [0.2, 0.25) is 5.02 Å². The molecular weight excluding hydrogens is 444 g/mol. The zero-order valence-corrected chi connectivity index (χ0v) is 20.7. The van der Waals surface area contributed by atoms with E-state index in [1.165, 1.54) is 16.9 Å². The molecule has 1 heterocycles. The molecule has 6 heteroatoms. The lowest BCUT2D eigenvalue weighted by molar-refractivity contribution is -0.120. The monoisotopic (exact) mass is 476 g/mol. The van der Waals surface area contributed by atoms with E-state index in [1.807, 2.05) is 38.4 Å². The smallest absolute Gasteiger partial charge is 0.224 e. The second kappa shape index (κ2) is 11.4. The van der Waals surface area contributed by atoms with Crippen LogP contribution in [0, 0.1) is 0 Å². The van der Waals surface area contributed by atoms with Crippen molar-refractivity contribution in [1.82, 2.24) is 10.2 Å². The number of halogens is 1. The fourth-order valence-electron chi connectivity index (χ4n) is 4.44. The maximum Gasteiger partial charge on any atom is 0.224 e. The first-order chi connectivity index (χ1) is 16.5. The predicted molar refractivity (Wildman–Crippen MR) is 142 cm³/mol. The number of amides is 1. The number of benzene rings is 3. The molecule has 0 aromatic heterocycles. The van der Waals surface area contributed by atoms with E-state index in [1.54, 1.807) is 0 Å². The highest BCUT2D eigenvalue weighted by molar-refractivity contribution is 6.30. The van der Waals surface area contributed by atoms with E-state index >= 15 is 0 Å². The van der Waals surface area contributed by atoms with Gasteiger partial charge >= 0.3 is 0 Å². The Labute approximate surface area is 207 Å². The average molecular weight is 477 g/mol. The molecule has 34 heavy (non-hydrogen) atoms. The second-order valence-electron chi connectivity index (χ2n) is 8.97. The van der Waals surface area contributed by atoms with E-state index in [2.05, 4.69) is 74.6 Å². The van der Waals surface area contributed by atoms with Crippen LogP contribution in [0.15, 0.2) is 78.9 Å². The van der Waals surface area contributed by atoms with E-state index in [-0.39, 0.29) is 11.9 Å². The minimum atomic E-state index is 0.0279. The Bertz CT molecular complexity index is 1050. The van der Waals surface area contributed by atoms with Crippen molar-refractivity contribution in [2.24, 2.45) is 0 Å². The summed E-state index contributed by atoms with van der Waals surface area (Å²) < 4.78 is 0. The molecule has 4 rings (SSSR count). The van der Waals surface area contributed by atoms with Gasteiger partial charge in [-0.1, -0.05) is 54.1 Å². The number of piperazine rings is 1. The molecule has 3 aromatic rings. The van der Waals surface area contributed by atoms with Crippen molar-refractivity contribution >= 4 is 28.9 Å². The highest BCUT2D eigenvalue weighted by Crippen LogP contribution is 2.26. The lowest BCUT2D eigenvalue weighted by atomic mass is 10.0. The molecule has 0 bridgehead atoms. The van der Waals surface area contributed by atoms with Crippen LogP contribution in [0.25, 0.3) is 0 Å². The van der Waals surface area contributed by atoms with Crippen molar-refractivity contribution in [2.75, 3.05) is 56.6 Å².